The Hall–Kier alpha value is -4.07. The summed E-state index contributed by atoms with van der Waals surface area (Å²) in [5.74, 6) is -0.179. The molecular formula is C28H31N3O5. The molecule has 1 aliphatic rings. The van der Waals surface area contributed by atoms with Gasteiger partial charge in [0, 0.05) is 31.0 Å². The molecule has 3 aromatic rings. The van der Waals surface area contributed by atoms with Crippen LogP contribution in [-0.4, -0.2) is 50.5 Å². The fourth-order valence-electron chi connectivity index (χ4n) is 4.33. The maximum absolute atomic E-state index is 13.2. The second-order valence-electron chi connectivity index (χ2n) is 8.84. The van der Waals surface area contributed by atoms with Crippen molar-refractivity contribution in [2.45, 2.75) is 45.9 Å². The molecule has 0 spiro atoms. The van der Waals surface area contributed by atoms with Gasteiger partial charge in [0.25, 0.3) is 11.7 Å². The Labute approximate surface area is 210 Å². The van der Waals surface area contributed by atoms with Gasteiger partial charge in [0.1, 0.15) is 17.3 Å². The van der Waals surface area contributed by atoms with E-state index in [2.05, 4.69) is 4.98 Å². The fraction of sp³-hybridized carbons (Fsp3) is 0.321. The average Bonchev–Trinajstić information content (AvgIpc) is 3.47. The molecule has 36 heavy (non-hydrogen) atoms. The molecule has 0 saturated carbocycles. The molecule has 0 bridgehead atoms. The maximum atomic E-state index is 13.2. The molecule has 8 nitrogen and oxygen atoms in total. The normalized spacial score (nSPS) is 17.1. The van der Waals surface area contributed by atoms with Gasteiger partial charge in [-0.25, -0.2) is 4.98 Å². The number of ketones is 1. The molecule has 4 rings (SSSR count). The number of aliphatic hydroxyl groups excluding tert-OH is 1. The lowest BCUT2D eigenvalue weighted by Crippen LogP contribution is -2.31. The van der Waals surface area contributed by atoms with Gasteiger partial charge in [0.2, 0.25) is 0 Å². The lowest BCUT2D eigenvalue weighted by atomic mass is 9.95. The van der Waals surface area contributed by atoms with Gasteiger partial charge in [0.05, 0.1) is 30.7 Å². The molecule has 0 radical (unpaired) electrons. The summed E-state index contributed by atoms with van der Waals surface area (Å²) in [5.41, 5.74) is 1.24. The maximum Gasteiger partial charge on any atom is 0.295 e. The average molecular weight is 490 g/mol. The van der Waals surface area contributed by atoms with Crippen molar-refractivity contribution in [3.63, 3.8) is 0 Å². The van der Waals surface area contributed by atoms with Crippen molar-refractivity contribution >= 4 is 17.4 Å². The molecule has 1 aromatic heterocycles. The molecule has 2 aromatic carbocycles. The van der Waals surface area contributed by atoms with E-state index in [4.69, 9.17) is 9.47 Å². The fourth-order valence-corrected chi connectivity index (χ4v) is 4.33. The van der Waals surface area contributed by atoms with Crippen LogP contribution in [0.3, 0.4) is 0 Å². The van der Waals surface area contributed by atoms with Crippen molar-refractivity contribution in [1.29, 1.82) is 0 Å². The number of rotatable bonds is 10. The number of amides is 1. The molecule has 1 amide bonds. The van der Waals surface area contributed by atoms with Crippen LogP contribution in [0.25, 0.3) is 5.76 Å². The third kappa shape index (κ3) is 5.43. The third-order valence-corrected chi connectivity index (χ3v) is 5.92. The number of hydrogen-bond acceptors (Lipinski definition) is 6. The van der Waals surface area contributed by atoms with Gasteiger partial charge >= 0.3 is 0 Å². The Bertz CT molecular complexity index is 1220. The SMILES string of the molecule is CCOc1ccc(C2/C(=C(/O)c3ccc(OC(C)C)cc3)C(=O)C(=O)N2CCCn2ccnc2)cc1. The number of imidazole rings is 1. The number of nitrogens with zero attached hydrogens (tertiary/aromatic N) is 3. The van der Waals surface area contributed by atoms with E-state index < -0.39 is 17.7 Å². The van der Waals surface area contributed by atoms with Crippen LogP contribution >= 0.6 is 0 Å². The first-order chi connectivity index (χ1) is 17.4. The first-order valence-corrected chi connectivity index (χ1v) is 12.1. The van der Waals surface area contributed by atoms with Gasteiger partial charge in [0.15, 0.2) is 0 Å². The summed E-state index contributed by atoms with van der Waals surface area (Å²) >= 11 is 0. The molecule has 8 heteroatoms. The monoisotopic (exact) mass is 489 g/mol. The van der Waals surface area contributed by atoms with E-state index >= 15 is 0 Å². The van der Waals surface area contributed by atoms with Crippen molar-refractivity contribution in [3.8, 4) is 11.5 Å². The van der Waals surface area contributed by atoms with E-state index in [-0.39, 0.29) is 17.4 Å². The van der Waals surface area contributed by atoms with Crippen molar-refractivity contribution in [1.82, 2.24) is 14.5 Å². The van der Waals surface area contributed by atoms with Crippen LogP contribution in [-0.2, 0) is 16.1 Å². The van der Waals surface area contributed by atoms with Crippen LogP contribution in [0.5, 0.6) is 11.5 Å². The highest BCUT2D eigenvalue weighted by Gasteiger charge is 2.45. The second-order valence-corrected chi connectivity index (χ2v) is 8.84. The highest BCUT2D eigenvalue weighted by molar-refractivity contribution is 6.46. The van der Waals surface area contributed by atoms with E-state index in [1.165, 1.54) is 4.90 Å². The Morgan fingerprint density at radius 3 is 2.33 bits per heavy atom. The van der Waals surface area contributed by atoms with E-state index in [1.54, 1.807) is 36.8 Å². The number of Topliss-reactive ketones (excluding diaryl/α,β-unsaturated/α-hetero) is 1. The molecule has 0 aliphatic carbocycles. The van der Waals surface area contributed by atoms with Gasteiger partial charge in [-0.2, -0.15) is 0 Å². The van der Waals surface area contributed by atoms with Crippen LogP contribution in [0, 0.1) is 0 Å². The molecule has 2 heterocycles. The van der Waals surface area contributed by atoms with Crippen LogP contribution in [0.4, 0.5) is 0 Å². The predicted molar refractivity (Wildman–Crippen MR) is 136 cm³/mol. The number of carbonyl (C=O) groups is 2. The molecule has 1 aliphatic heterocycles. The van der Waals surface area contributed by atoms with Crippen molar-refractivity contribution in [2.75, 3.05) is 13.2 Å². The van der Waals surface area contributed by atoms with Gasteiger partial charge in [-0.3, -0.25) is 9.59 Å². The number of aromatic nitrogens is 2. The highest BCUT2D eigenvalue weighted by Crippen LogP contribution is 2.40. The van der Waals surface area contributed by atoms with Crippen molar-refractivity contribution in [3.05, 3.63) is 84.0 Å². The summed E-state index contributed by atoms with van der Waals surface area (Å²) in [6.07, 6.45) is 5.90. The molecule has 1 atom stereocenters. The standard InChI is InChI=1S/C28H31N3O5/c1-4-35-22-10-6-20(7-11-22)25-24(26(32)21-8-12-23(13-9-21)36-19(2)3)27(33)28(34)31(25)16-5-15-30-17-14-29-18-30/h6-14,17-19,25,32H,4-5,15-16H2,1-3H3/b26-24-. The molecule has 1 N–H and O–H groups in total. The molecule has 1 saturated heterocycles. The summed E-state index contributed by atoms with van der Waals surface area (Å²) in [6, 6.07) is 13.4. The number of aliphatic hydroxyl groups is 1. The van der Waals surface area contributed by atoms with Crippen LogP contribution < -0.4 is 9.47 Å². The molecular weight excluding hydrogens is 458 g/mol. The van der Waals surface area contributed by atoms with E-state index in [9.17, 15) is 14.7 Å². The zero-order valence-corrected chi connectivity index (χ0v) is 20.8. The highest BCUT2D eigenvalue weighted by atomic mass is 16.5. The number of benzene rings is 2. The first-order valence-electron chi connectivity index (χ1n) is 12.1. The smallest absolute Gasteiger partial charge is 0.295 e. The Kier molecular flexibility index (Phi) is 7.73. The largest absolute Gasteiger partial charge is 0.507 e. The number of hydrogen-bond donors (Lipinski definition) is 1. The summed E-state index contributed by atoms with van der Waals surface area (Å²) < 4.78 is 13.2. The Morgan fingerprint density at radius 1 is 1.03 bits per heavy atom. The number of carbonyl (C=O) groups excluding carboxylic acids is 2. The summed E-state index contributed by atoms with van der Waals surface area (Å²) in [6.45, 7) is 7.29. The molecule has 1 fully saturated rings. The lowest BCUT2D eigenvalue weighted by molar-refractivity contribution is -0.139. The van der Waals surface area contributed by atoms with E-state index in [0.717, 1.165) is 5.56 Å². The molecule has 1 unspecified atom stereocenters. The number of aryl methyl sites for hydroxylation is 1. The van der Waals surface area contributed by atoms with E-state index in [1.807, 2.05) is 55.8 Å². The predicted octanol–water partition coefficient (Wildman–Crippen LogP) is 4.58. The van der Waals surface area contributed by atoms with Crippen LogP contribution in [0.2, 0.25) is 0 Å². The van der Waals surface area contributed by atoms with Gasteiger partial charge < -0.3 is 24.0 Å². The van der Waals surface area contributed by atoms with Gasteiger partial charge in [-0.05, 0) is 69.2 Å². The van der Waals surface area contributed by atoms with Crippen molar-refractivity contribution < 1.29 is 24.2 Å². The lowest BCUT2D eigenvalue weighted by Gasteiger charge is -2.25. The van der Waals surface area contributed by atoms with Gasteiger partial charge in [-0.1, -0.05) is 12.1 Å². The van der Waals surface area contributed by atoms with Crippen LogP contribution in [0.15, 0.2) is 72.8 Å². The zero-order valence-electron chi connectivity index (χ0n) is 20.8. The van der Waals surface area contributed by atoms with E-state index in [0.29, 0.717) is 43.2 Å². The Morgan fingerprint density at radius 2 is 1.72 bits per heavy atom. The number of likely N-dealkylation sites (tertiary alicyclic amines) is 1. The minimum atomic E-state index is -0.713. The quantitative estimate of drug-likeness (QED) is 0.255. The van der Waals surface area contributed by atoms with Gasteiger partial charge in [-0.15, -0.1) is 0 Å². The summed E-state index contributed by atoms with van der Waals surface area (Å²) in [4.78, 5) is 31.9. The molecule has 188 valence electrons. The summed E-state index contributed by atoms with van der Waals surface area (Å²) in [7, 11) is 0. The summed E-state index contributed by atoms with van der Waals surface area (Å²) in [5, 5.41) is 11.2. The number of ether oxygens (including phenoxy) is 2. The third-order valence-electron chi connectivity index (χ3n) is 5.92. The van der Waals surface area contributed by atoms with Crippen molar-refractivity contribution in [2.24, 2.45) is 0 Å². The minimum Gasteiger partial charge on any atom is -0.507 e. The zero-order chi connectivity index (χ0) is 25.7. The second kappa shape index (κ2) is 11.1. The first kappa shape index (κ1) is 25.0. The topological polar surface area (TPSA) is 93.9 Å². The Balaban J connectivity index is 1.69. The minimum absolute atomic E-state index is 0.0109. The van der Waals surface area contributed by atoms with Crippen LogP contribution in [0.1, 0.15) is 44.4 Å².